The van der Waals surface area contributed by atoms with Crippen molar-refractivity contribution in [2.75, 3.05) is 5.73 Å². The third kappa shape index (κ3) is 4.06. The molecule has 5 aromatic rings. The molecule has 176 valence electrons. The lowest BCUT2D eigenvalue weighted by Crippen LogP contribution is -2.11. The molecule has 1 aliphatic carbocycles. The minimum atomic E-state index is 0.270. The number of hydrogen-bond donors (Lipinski definition) is 1. The Morgan fingerprint density at radius 1 is 0.861 bits per heavy atom. The molecule has 6 nitrogen and oxygen atoms in total. The number of nitrogens with zero attached hydrogens (tertiary/aromatic N) is 5. The van der Waals surface area contributed by atoms with Crippen LogP contribution >= 0.6 is 11.6 Å². The second-order valence-corrected chi connectivity index (χ2v) is 9.12. The summed E-state index contributed by atoms with van der Waals surface area (Å²) in [5, 5.41) is 14.0. The second-order valence-electron chi connectivity index (χ2n) is 8.71. The maximum Gasteiger partial charge on any atom is 0.186 e. The van der Waals surface area contributed by atoms with Gasteiger partial charge in [0.15, 0.2) is 17.2 Å². The monoisotopic (exact) mass is 490 g/mol. The van der Waals surface area contributed by atoms with Gasteiger partial charge in [0.1, 0.15) is 5.69 Å². The number of fused-ring (bicyclic) bond motifs is 2. The molecule has 2 heterocycles. The van der Waals surface area contributed by atoms with Crippen LogP contribution in [0.5, 0.6) is 0 Å². The van der Waals surface area contributed by atoms with Gasteiger partial charge in [-0.25, -0.2) is 9.50 Å². The number of allylic oxidation sites excluding steroid dienone is 1. The minimum absolute atomic E-state index is 0.270. The Hall–Kier alpha value is -4.29. The van der Waals surface area contributed by atoms with Crippen molar-refractivity contribution in [1.29, 1.82) is 0 Å². The van der Waals surface area contributed by atoms with Crippen LogP contribution in [0, 0.1) is 0 Å². The highest BCUT2D eigenvalue weighted by Gasteiger charge is 2.26. The largest absolute Gasteiger partial charge is 0.380 e. The number of benzene rings is 3. The molecule has 2 aromatic heterocycles. The first kappa shape index (κ1) is 22.2. The molecular formula is C29H23ClN6. The van der Waals surface area contributed by atoms with Gasteiger partial charge in [0.25, 0.3) is 0 Å². The molecule has 0 aliphatic heterocycles. The summed E-state index contributed by atoms with van der Waals surface area (Å²) in [6, 6.07) is 27.9. The van der Waals surface area contributed by atoms with Crippen LogP contribution in [0.25, 0.3) is 28.6 Å². The molecule has 6 rings (SSSR count). The van der Waals surface area contributed by atoms with E-state index in [0.29, 0.717) is 22.0 Å². The quantitative estimate of drug-likeness (QED) is 0.260. The highest BCUT2D eigenvalue weighted by atomic mass is 35.5. The fourth-order valence-corrected chi connectivity index (χ4v) is 4.85. The predicted octanol–water partition coefficient (Wildman–Crippen LogP) is 7.92. The van der Waals surface area contributed by atoms with Gasteiger partial charge in [-0.2, -0.15) is 0 Å². The van der Waals surface area contributed by atoms with E-state index in [1.165, 1.54) is 11.1 Å². The predicted molar refractivity (Wildman–Crippen MR) is 146 cm³/mol. The van der Waals surface area contributed by atoms with Crippen LogP contribution in [-0.2, 0) is 6.42 Å². The normalized spacial score (nSPS) is 14.5. The maximum absolute atomic E-state index is 6.39. The number of aromatic nitrogens is 3. The van der Waals surface area contributed by atoms with Crippen LogP contribution < -0.4 is 5.73 Å². The minimum Gasteiger partial charge on any atom is -0.380 e. The number of hydrogen-bond acceptors (Lipinski definition) is 5. The van der Waals surface area contributed by atoms with E-state index in [-0.39, 0.29) is 5.82 Å². The highest BCUT2D eigenvalue weighted by Crippen LogP contribution is 2.40. The van der Waals surface area contributed by atoms with E-state index in [1.54, 1.807) is 12.1 Å². The molecule has 0 fully saturated rings. The molecule has 0 spiro atoms. The van der Waals surface area contributed by atoms with Crippen molar-refractivity contribution in [3.05, 3.63) is 107 Å². The zero-order chi connectivity index (χ0) is 24.5. The number of nitrogen functional groups attached to an aromatic ring is 1. The number of azo groups is 1. The Kier molecular flexibility index (Phi) is 5.79. The summed E-state index contributed by atoms with van der Waals surface area (Å²) in [6.45, 7) is 0. The first-order valence-corrected chi connectivity index (χ1v) is 12.3. The van der Waals surface area contributed by atoms with Crippen molar-refractivity contribution < 1.29 is 0 Å². The van der Waals surface area contributed by atoms with Crippen molar-refractivity contribution in [2.45, 2.75) is 19.3 Å². The van der Waals surface area contributed by atoms with E-state index in [9.17, 15) is 0 Å². The Labute approximate surface area is 213 Å². The van der Waals surface area contributed by atoms with Crippen molar-refractivity contribution in [3.8, 4) is 11.3 Å². The Bertz CT molecular complexity index is 1620. The lowest BCUT2D eigenvalue weighted by Gasteiger charge is -2.22. The van der Waals surface area contributed by atoms with Gasteiger partial charge in [-0.15, -0.1) is 15.3 Å². The zero-order valence-corrected chi connectivity index (χ0v) is 20.2. The van der Waals surface area contributed by atoms with Gasteiger partial charge in [0, 0.05) is 11.1 Å². The van der Waals surface area contributed by atoms with Crippen molar-refractivity contribution >= 4 is 46.1 Å². The average Bonchev–Trinajstić information content (AvgIpc) is 3.22. The Morgan fingerprint density at radius 2 is 1.58 bits per heavy atom. The molecular weight excluding hydrogens is 468 g/mol. The lowest BCUT2D eigenvalue weighted by molar-refractivity contribution is 0.793. The summed E-state index contributed by atoms with van der Waals surface area (Å²) < 4.78 is 1.82. The number of nitrogens with two attached hydrogens (primary N) is 1. The summed E-state index contributed by atoms with van der Waals surface area (Å²) in [7, 11) is 0. The van der Waals surface area contributed by atoms with Crippen LogP contribution in [0.15, 0.2) is 95.2 Å². The Balaban J connectivity index is 1.60. The van der Waals surface area contributed by atoms with Gasteiger partial charge in [0.05, 0.1) is 16.4 Å². The highest BCUT2D eigenvalue weighted by molar-refractivity contribution is 6.32. The fraction of sp³-hybridized carbons (Fsp3) is 0.103. The van der Waals surface area contributed by atoms with Crippen LogP contribution in [0.2, 0.25) is 5.02 Å². The van der Waals surface area contributed by atoms with Crippen molar-refractivity contribution in [3.63, 3.8) is 0 Å². The van der Waals surface area contributed by atoms with E-state index in [4.69, 9.17) is 22.3 Å². The SMILES string of the molecule is Nc1nn2c(-c3ccccc3)c3c(nc2c1N=Nc1ccccc1Cl)/C(=C/c1ccccc1)CCC3. The third-order valence-corrected chi connectivity index (χ3v) is 6.66. The van der Waals surface area contributed by atoms with E-state index in [0.717, 1.165) is 41.8 Å². The van der Waals surface area contributed by atoms with Gasteiger partial charge >= 0.3 is 0 Å². The molecule has 0 unspecified atom stereocenters. The molecule has 0 saturated heterocycles. The molecule has 0 amide bonds. The van der Waals surface area contributed by atoms with Crippen LogP contribution in [0.4, 0.5) is 17.2 Å². The second kappa shape index (κ2) is 9.40. The third-order valence-electron chi connectivity index (χ3n) is 6.34. The average molecular weight is 491 g/mol. The number of rotatable bonds is 4. The molecule has 7 heteroatoms. The Morgan fingerprint density at radius 3 is 2.36 bits per heavy atom. The van der Waals surface area contributed by atoms with E-state index in [1.807, 2.05) is 53.0 Å². The molecule has 3 aromatic carbocycles. The number of halogens is 1. The molecule has 1 aliphatic rings. The maximum atomic E-state index is 6.39. The number of anilines is 1. The van der Waals surface area contributed by atoms with Gasteiger partial charge in [-0.3, -0.25) is 0 Å². The van der Waals surface area contributed by atoms with E-state index >= 15 is 0 Å². The molecule has 0 radical (unpaired) electrons. The standard InChI is InChI=1S/C29H23ClN6/c30-23-16-7-8-17-24(23)33-34-26-28(31)35-36-27(20-12-5-2-6-13-20)22-15-9-14-21(25(22)32-29(26)36)18-19-10-3-1-4-11-19/h1-8,10-13,16-18H,9,14-15H2,(H2,31,35)/b21-18+,34-33?. The first-order valence-electron chi connectivity index (χ1n) is 11.9. The topological polar surface area (TPSA) is 80.9 Å². The van der Waals surface area contributed by atoms with Gasteiger partial charge in [-0.05, 0) is 48.6 Å². The van der Waals surface area contributed by atoms with Crippen LogP contribution in [-0.4, -0.2) is 14.6 Å². The van der Waals surface area contributed by atoms with Gasteiger partial charge in [0.2, 0.25) is 0 Å². The summed E-state index contributed by atoms with van der Waals surface area (Å²) in [5.41, 5.74) is 14.5. The summed E-state index contributed by atoms with van der Waals surface area (Å²) >= 11 is 6.29. The van der Waals surface area contributed by atoms with Crippen LogP contribution in [0.3, 0.4) is 0 Å². The summed E-state index contributed by atoms with van der Waals surface area (Å²) in [5.74, 6) is 0.270. The molecule has 0 saturated carbocycles. The van der Waals surface area contributed by atoms with Crippen molar-refractivity contribution in [1.82, 2.24) is 14.6 Å². The van der Waals surface area contributed by atoms with Crippen molar-refractivity contribution in [2.24, 2.45) is 10.2 Å². The summed E-state index contributed by atoms with van der Waals surface area (Å²) in [6.07, 6.45) is 5.11. The van der Waals surface area contributed by atoms with Gasteiger partial charge in [-0.1, -0.05) is 84.4 Å². The molecule has 0 bridgehead atoms. The lowest BCUT2D eigenvalue weighted by atomic mass is 9.87. The zero-order valence-electron chi connectivity index (χ0n) is 19.5. The first-order chi connectivity index (χ1) is 17.7. The van der Waals surface area contributed by atoms with Crippen LogP contribution in [0.1, 0.15) is 29.7 Å². The van der Waals surface area contributed by atoms with Gasteiger partial charge < -0.3 is 5.73 Å². The molecule has 36 heavy (non-hydrogen) atoms. The van der Waals surface area contributed by atoms with E-state index in [2.05, 4.69) is 45.7 Å². The summed E-state index contributed by atoms with van der Waals surface area (Å²) in [4.78, 5) is 5.10. The smallest absolute Gasteiger partial charge is 0.186 e. The fourth-order valence-electron chi connectivity index (χ4n) is 4.68. The van der Waals surface area contributed by atoms with E-state index < -0.39 is 0 Å². The molecule has 0 atom stereocenters. The molecule has 2 N–H and O–H groups in total.